The maximum absolute atomic E-state index is 12.0. The zero-order valence-corrected chi connectivity index (χ0v) is 18.8. The second-order valence-corrected chi connectivity index (χ2v) is 6.78. The van der Waals surface area contributed by atoms with Crippen LogP contribution < -0.4 is 34.7 Å². The summed E-state index contributed by atoms with van der Waals surface area (Å²) in [6.45, 7) is 3.82. The first kappa shape index (κ1) is 26.1. The Labute approximate surface area is 183 Å². The first-order chi connectivity index (χ1) is 12.5. The summed E-state index contributed by atoms with van der Waals surface area (Å²) in [6.07, 6.45) is 10.1. The van der Waals surface area contributed by atoms with Gasteiger partial charge in [-0.05, 0) is 19.1 Å². The van der Waals surface area contributed by atoms with Crippen molar-refractivity contribution in [3.8, 4) is 0 Å². The molecule has 0 saturated heterocycles. The Morgan fingerprint density at radius 2 is 1.56 bits per heavy atom. The maximum Gasteiger partial charge on any atom is 1.00 e. The van der Waals surface area contributed by atoms with Gasteiger partial charge in [0.25, 0.3) is 6.04 Å². The first-order valence-electron chi connectivity index (χ1n) is 9.71. The molecule has 0 amide bonds. The van der Waals surface area contributed by atoms with E-state index in [0.29, 0.717) is 6.42 Å². The number of ether oxygens (including phenoxy) is 1. The van der Waals surface area contributed by atoms with Crippen LogP contribution in [0.4, 0.5) is 0 Å². The van der Waals surface area contributed by atoms with Crippen LogP contribution in [-0.4, -0.2) is 29.3 Å². The minimum absolute atomic E-state index is 0. The van der Waals surface area contributed by atoms with Crippen molar-refractivity contribution in [3.63, 3.8) is 0 Å². The van der Waals surface area contributed by atoms with E-state index in [1.54, 1.807) is 6.92 Å². The molecule has 0 aromatic rings. The van der Waals surface area contributed by atoms with Crippen LogP contribution in [0, 0.1) is 16.0 Å². The van der Waals surface area contributed by atoms with Gasteiger partial charge in [0, 0.05) is 10.5 Å². The standard InChI is InChI=1S/C19H31NO6.Na/c1-3-5-6-7-8-9-10-11-12-13-14-15(19(23)26-4-2)17(21)18(22)16(14)20(24)25;/h14,16,21H,3-13H2,1-2H3;/q;+1/p-1. The number of ketones is 1. The minimum atomic E-state index is -1.64. The maximum atomic E-state index is 12.0. The summed E-state index contributed by atoms with van der Waals surface area (Å²) in [7, 11) is 0. The molecular weight excluding hydrogens is 361 g/mol. The molecule has 7 nitrogen and oxygen atoms in total. The Balaban J connectivity index is 0.00000676. The average molecular weight is 391 g/mol. The molecule has 0 radical (unpaired) electrons. The van der Waals surface area contributed by atoms with E-state index in [9.17, 15) is 24.8 Å². The van der Waals surface area contributed by atoms with Crippen LogP contribution in [0.25, 0.3) is 0 Å². The fourth-order valence-electron chi connectivity index (χ4n) is 3.45. The molecule has 2 atom stereocenters. The van der Waals surface area contributed by atoms with Gasteiger partial charge in [0.15, 0.2) is 0 Å². The van der Waals surface area contributed by atoms with E-state index < -0.39 is 34.4 Å². The number of esters is 1. The fraction of sp³-hybridized carbons (Fsp3) is 0.789. The summed E-state index contributed by atoms with van der Waals surface area (Å²) in [4.78, 5) is 34.4. The second kappa shape index (κ2) is 14.1. The quantitative estimate of drug-likeness (QED) is 0.143. The van der Waals surface area contributed by atoms with Crippen molar-refractivity contribution >= 4 is 11.8 Å². The Hall–Kier alpha value is -0.920. The number of nitrogens with zero attached hydrogens (tertiary/aromatic N) is 1. The Morgan fingerprint density at radius 1 is 1.04 bits per heavy atom. The van der Waals surface area contributed by atoms with Crippen LogP contribution >= 0.6 is 0 Å². The molecule has 0 spiro atoms. The molecule has 0 bridgehead atoms. The van der Waals surface area contributed by atoms with E-state index in [2.05, 4.69) is 6.92 Å². The zero-order chi connectivity index (χ0) is 19.5. The van der Waals surface area contributed by atoms with Crippen molar-refractivity contribution in [1.29, 1.82) is 0 Å². The van der Waals surface area contributed by atoms with Crippen LogP contribution in [0.15, 0.2) is 11.3 Å². The molecule has 0 heterocycles. The molecule has 0 aromatic heterocycles. The van der Waals surface area contributed by atoms with Gasteiger partial charge in [-0.25, -0.2) is 4.79 Å². The normalized spacial score (nSPS) is 19.1. The van der Waals surface area contributed by atoms with Gasteiger partial charge < -0.3 is 9.84 Å². The second-order valence-electron chi connectivity index (χ2n) is 6.78. The Kier molecular flexibility index (Phi) is 13.6. The largest absolute Gasteiger partial charge is 1.00 e. The fourth-order valence-corrected chi connectivity index (χ4v) is 3.45. The van der Waals surface area contributed by atoms with Crippen molar-refractivity contribution in [3.05, 3.63) is 21.4 Å². The number of hydrogen-bond donors (Lipinski definition) is 0. The number of rotatable bonds is 13. The van der Waals surface area contributed by atoms with Crippen molar-refractivity contribution in [2.45, 2.75) is 84.1 Å². The van der Waals surface area contributed by atoms with E-state index in [1.807, 2.05) is 0 Å². The van der Waals surface area contributed by atoms with Gasteiger partial charge in [0.05, 0.1) is 12.5 Å². The first-order valence-corrected chi connectivity index (χ1v) is 9.71. The molecule has 8 heteroatoms. The minimum Gasteiger partial charge on any atom is -0.870 e. The van der Waals surface area contributed by atoms with Gasteiger partial charge in [0.1, 0.15) is 0 Å². The summed E-state index contributed by atoms with van der Waals surface area (Å²) in [5.74, 6) is -4.00. The zero-order valence-electron chi connectivity index (χ0n) is 16.8. The molecular formula is C19H30NNaO6. The van der Waals surface area contributed by atoms with Gasteiger partial charge >= 0.3 is 35.5 Å². The molecule has 1 aliphatic rings. The molecule has 0 fully saturated rings. The number of carbonyl (C=O) groups is 2. The van der Waals surface area contributed by atoms with Crippen molar-refractivity contribution in [2.75, 3.05) is 6.61 Å². The predicted octanol–water partition coefficient (Wildman–Crippen LogP) is -0.0670. The van der Waals surface area contributed by atoms with E-state index in [1.165, 1.54) is 32.1 Å². The summed E-state index contributed by atoms with van der Waals surface area (Å²) < 4.78 is 4.82. The number of Topliss-reactive ketones (excluding diaryl/α,β-unsaturated/α-hetero) is 1. The molecule has 0 aliphatic heterocycles. The van der Waals surface area contributed by atoms with E-state index in [0.717, 1.165) is 19.3 Å². The van der Waals surface area contributed by atoms with Crippen molar-refractivity contribution in [2.24, 2.45) is 5.92 Å². The van der Waals surface area contributed by atoms with Crippen LogP contribution in [0.1, 0.15) is 78.1 Å². The van der Waals surface area contributed by atoms with E-state index >= 15 is 0 Å². The van der Waals surface area contributed by atoms with E-state index in [-0.39, 0.29) is 48.2 Å². The molecule has 2 unspecified atom stereocenters. The molecule has 148 valence electrons. The van der Waals surface area contributed by atoms with Gasteiger partial charge in [-0.2, -0.15) is 0 Å². The van der Waals surface area contributed by atoms with Gasteiger partial charge in [-0.3, -0.25) is 14.9 Å². The smallest absolute Gasteiger partial charge is 0.870 e. The Bertz CT molecular complexity index is 534. The number of nitro groups is 1. The van der Waals surface area contributed by atoms with Crippen LogP contribution in [0.2, 0.25) is 0 Å². The summed E-state index contributed by atoms with van der Waals surface area (Å²) in [5, 5.41) is 23.2. The van der Waals surface area contributed by atoms with E-state index in [4.69, 9.17) is 4.74 Å². The molecule has 1 aliphatic carbocycles. The van der Waals surface area contributed by atoms with Gasteiger partial charge in [-0.15, -0.1) is 0 Å². The third kappa shape index (κ3) is 7.92. The molecule has 0 saturated carbocycles. The molecule has 0 N–H and O–H groups in total. The van der Waals surface area contributed by atoms with Crippen LogP contribution in [0.5, 0.6) is 0 Å². The Morgan fingerprint density at radius 3 is 2.04 bits per heavy atom. The molecule has 1 rings (SSSR count). The third-order valence-electron chi connectivity index (χ3n) is 4.83. The number of hydrogen-bond acceptors (Lipinski definition) is 6. The van der Waals surface area contributed by atoms with Crippen LogP contribution in [-0.2, 0) is 14.3 Å². The van der Waals surface area contributed by atoms with Gasteiger partial charge in [-0.1, -0.05) is 64.7 Å². The predicted molar refractivity (Wildman–Crippen MR) is 94.8 cm³/mol. The summed E-state index contributed by atoms with van der Waals surface area (Å²) in [5.41, 5.74) is -0.335. The summed E-state index contributed by atoms with van der Waals surface area (Å²) >= 11 is 0. The van der Waals surface area contributed by atoms with Crippen molar-refractivity contribution in [1.82, 2.24) is 0 Å². The number of unbranched alkanes of at least 4 members (excludes halogenated alkanes) is 8. The third-order valence-corrected chi connectivity index (χ3v) is 4.83. The molecule has 27 heavy (non-hydrogen) atoms. The monoisotopic (exact) mass is 391 g/mol. The summed E-state index contributed by atoms with van der Waals surface area (Å²) in [6, 6.07) is -1.64. The van der Waals surface area contributed by atoms with Gasteiger partial charge in [0.2, 0.25) is 5.78 Å². The van der Waals surface area contributed by atoms with Crippen LogP contribution in [0.3, 0.4) is 0 Å². The topological polar surface area (TPSA) is 110 Å². The molecule has 0 aromatic carbocycles. The number of carbonyl (C=O) groups excluding carboxylic acids is 2. The van der Waals surface area contributed by atoms with Crippen molar-refractivity contribution < 1.29 is 53.9 Å². The SMILES string of the molecule is CCCCCCCCCCCC1C(C(=O)OCC)=C([O-])C(=O)C1[N+](=O)[O-].[Na+]. The average Bonchev–Trinajstić information content (AvgIpc) is 2.84.